The number of thiazole rings is 1. The van der Waals surface area contributed by atoms with Crippen LogP contribution in [0, 0.1) is 0 Å². The minimum absolute atomic E-state index is 0.540. The van der Waals surface area contributed by atoms with Crippen LogP contribution in [0.3, 0.4) is 0 Å². The van der Waals surface area contributed by atoms with E-state index < -0.39 is 0 Å². The Bertz CT molecular complexity index is 326. The van der Waals surface area contributed by atoms with E-state index in [-0.39, 0.29) is 0 Å². The second kappa shape index (κ2) is 5.52. The first-order chi connectivity index (χ1) is 7.78. The molecule has 1 saturated carbocycles. The smallest absolute Gasteiger partial charge is 0.0925 e. The van der Waals surface area contributed by atoms with Gasteiger partial charge in [0.1, 0.15) is 0 Å². The fourth-order valence-electron chi connectivity index (χ4n) is 2.03. The molecule has 2 rings (SSSR count). The highest BCUT2D eigenvalue weighted by Gasteiger charge is 2.35. The summed E-state index contributed by atoms with van der Waals surface area (Å²) in [5, 5.41) is 4.83. The second-order valence-corrected chi connectivity index (χ2v) is 6.89. The van der Waals surface area contributed by atoms with Crippen molar-refractivity contribution in [3.05, 3.63) is 16.1 Å². The molecular weight excluding hydrogens is 236 g/mol. The zero-order valence-corrected chi connectivity index (χ0v) is 11.7. The molecule has 90 valence electrons. The summed E-state index contributed by atoms with van der Waals surface area (Å²) in [5.41, 5.74) is 0. The quantitative estimate of drug-likeness (QED) is 0.846. The lowest BCUT2D eigenvalue weighted by Gasteiger charge is -2.40. The molecule has 1 heterocycles. The normalized spacial score (nSPS) is 18.4. The molecule has 1 aliphatic rings. The van der Waals surface area contributed by atoms with Gasteiger partial charge in [-0.2, -0.15) is 11.8 Å². The van der Waals surface area contributed by atoms with Crippen molar-refractivity contribution < 1.29 is 0 Å². The van der Waals surface area contributed by atoms with E-state index in [2.05, 4.69) is 23.5 Å². The monoisotopic (exact) mass is 256 g/mol. The summed E-state index contributed by atoms with van der Waals surface area (Å²) >= 11 is 3.87. The van der Waals surface area contributed by atoms with E-state index in [1.54, 1.807) is 0 Å². The highest BCUT2D eigenvalue weighted by molar-refractivity contribution is 8.00. The fraction of sp³-hybridized carbons (Fsp3) is 0.750. The maximum absolute atomic E-state index is 4.38. The maximum Gasteiger partial charge on any atom is 0.0925 e. The van der Waals surface area contributed by atoms with Crippen molar-refractivity contribution in [1.82, 2.24) is 10.3 Å². The molecule has 0 spiro atoms. The van der Waals surface area contributed by atoms with Crippen LogP contribution in [0.25, 0.3) is 0 Å². The van der Waals surface area contributed by atoms with Gasteiger partial charge in [-0.05, 0) is 25.5 Å². The highest BCUT2D eigenvalue weighted by atomic mass is 32.2. The van der Waals surface area contributed by atoms with Crippen molar-refractivity contribution >= 4 is 23.1 Å². The van der Waals surface area contributed by atoms with Crippen LogP contribution in [0.4, 0.5) is 0 Å². The van der Waals surface area contributed by atoms with Gasteiger partial charge in [-0.1, -0.05) is 13.3 Å². The molecule has 16 heavy (non-hydrogen) atoms. The minimum Gasteiger partial charge on any atom is -0.310 e. The predicted molar refractivity (Wildman–Crippen MR) is 73.3 cm³/mol. The van der Waals surface area contributed by atoms with Crippen molar-refractivity contribution in [2.45, 2.75) is 43.9 Å². The third kappa shape index (κ3) is 2.79. The zero-order valence-electron chi connectivity index (χ0n) is 10.1. The van der Waals surface area contributed by atoms with Crippen LogP contribution in [-0.4, -0.2) is 22.5 Å². The van der Waals surface area contributed by atoms with Crippen LogP contribution < -0.4 is 5.32 Å². The van der Waals surface area contributed by atoms with Gasteiger partial charge < -0.3 is 5.32 Å². The summed E-state index contributed by atoms with van der Waals surface area (Å²) < 4.78 is 0.540. The number of aryl methyl sites for hydroxylation is 1. The Morgan fingerprint density at radius 2 is 2.38 bits per heavy atom. The first-order valence-electron chi connectivity index (χ1n) is 5.97. The lowest BCUT2D eigenvalue weighted by atomic mass is 9.84. The number of hydrogen-bond donors (Lipinski definition) is 1. The molecule has 4 heteroatoms. The second-order valence-electron chi connectivity index (χ2n) is 4.42. The summed E-state index contributed by atoms with van der Waals surface area (Å²) in [7, 11) is 0. The number of nitrogens with zero attached hydrogens (tertiary/aromatic N) is 1. The Kier molecular flexibility index (Phi) is 4.27. The third-order valence-corrected chi connectivity index (χ3v) is 5.91. The van der Waals surface area contributed by atoms with Crippen LogP contribution in [0.5, 0.6) is 0 Å². The Labute approximate surface area is 106 Å². The number of nitrogens with one attached hydrogen (secondary N) is 1. The van der Waals surface area contributed by atoms with Crippen molar-refractivity contribution in [1.29, 1.82) is 0 Å². The molecule has 2 nitrogen and oxygen atoms in total. The molecule has 1 aliphatic carbocycles. The van der Waals surface area contributed by atoms with E-state index in [0.29, 0.717) is 4.75 Å². The first kappa shape index (κ1) is 12.4. The summed E-state index contributed by atoms with van der Waals surface area (Å²) in [6, 6.07) is 0. The van der Waals surface area contributed by atoms with Crippen molar-refractivity contribution in [2.75, 3.05) is 12.8 Å². The first-order valence-corrected chi connectivity index (χ1v) is 8.01. The number of hydrogen-bond acceptors (Lipinski definition) is 4. The highest BCUT2D eigenvalue weighted by Crippen LogP contribution is 2.42. The summed E-state index contributed by atoms with van der Waals surface area (Å²) in [4.78, 5) is 5.75. The lowest BCUT2D eigenvalue weighted by Crippen LogP contribution is -2.43. The minimum atomic E-state index is 0.540. The van der Waals surface area contributed by atoms with E-state index >= 15 is 0 Å². The predicted octanol–water partition coefficient (Wildman–Crippen LogP) is 3.08. The van der Waals surface area contributed by atoms with Crippen molar-refractivity contribution in [3.8, 4) is 0 Å². The Morgan fingerprint density at radius 1 is 1.56 bits per heavy atom. The molecule has 1 aromatic heterocycles. The lowest BCUT2D eigenvalue weighted by molar-refractivity contribution is 0.346. The molecule has 0 aromatic carbocycles. The number of rotatable bonds is 6. The van der Waals surface area contributed by atoms with Crippen LogP contribution >= 0.6 is 23.1 Å². The van der Waals surface area contributed by atoms with Crippen LogP contribution in [-0.2, 0) is 13.0 Å². The topological polar surface area (TPSA) is 24.9 Å². The van der Waals surface area contributed by atoms with Gasteiger partial charge in [-0.3, -0.25) is 0 Å². The molecule has 0 atom stereocenters. The standard InChI is InChI=1S/C12H20N2S2/c1-3-11-14-8-10(16-11)7-13-9-12(15-2)5-4-6-12/h8,13H,3-7,9H2,1-2H3. The zero-order chi connectivity index (χ0) is 11.4. The molecule has 0 unspecified atom stereocenters. The van der Waals surface area contributed by atoms with Crippen molar-refractivity contribution in [2.24, 2.45) is 0 Å². The molecule has 1 fully saturated rings. The molecule has 0 radical (unpaired) electrons. The van der Waals surface area contributed by atoms with Crippen LogP contribution in [0.2, 0.25) is 0 Å². The van der Waals surface area contributed by atoms with Gasteiger partial charge in [0.15, 0.2) is 0 Å². The van der Waals surface area contributed by atoms with Gasteiger partial charge in [-0.25, -0.2) is 4.98 Å². The Morgan fingerprint density at radius 3 is 2.88 bits per heavy atom. The van der Waals surface area contributed by atoms with Gasteiger partial charge in [0.05, 0.1) is 5.01 Å². The van der Waals surface area contributed by atoms with E-state index in [9.17, 15) is 0 Å². The summed E-state index contributed by atoms with van der Waals surface area (Å²) in [5.74, 6) is 0. The molecule has 0 aliphatic heterocycles. The van der Waals surface area contributed by atoms with Gasteiger partial charge in [0, 0.05) is 28.9 Å². The molecular formula is C12H20N2S2. The molecule has 1 N–H and O–H groups in total. The average Bonchev–Trinajstić information content (AvgIpc) is 2.70. The van der Waals surface area contributed by atoms with Crippen molar-refractivity contribution in [3.63, 3.8) is 0 Å². The SMILES string of the molecule is CCc1ncc(CNCC2(SC)CCC2)s1. The Balaban J connectivity index is 1.75. The maximum atomic E-state index is 4.38. The summed E-state index contributed by atoms with van der Waals surface area (Å²) in [6.07, 6.45) is 9.47. The van der Waals surface area contributed by atoms with Gasteiger partial charge in [0.25, 0.3) is 0 Å². The molecule has 1 aromatic rings. The fourth-order valence-corrected chi connectivity index (χ4v) is 3.81. The summed E-state index contributed by atoms with van der Waals surface area (Å²) in [6.45, 7) is 4.29. The van der Waals surface area contributed by atoms with E-state index in [4.69, 9.17) is 0 Å². The number of aromatic nitrogens is 1. The van der Waals surface area contributed by atoms with E-state index in [1.807, 2.05) is 29.3 Å². The van der Waals surface area contributed by atoms with Gasteiger partial charge in [0.2, 0.25) is 0 Å². The van der Waals surface area contributed by atoms with Crippen LogP contribution in [0.1, 0.15) is 36.1 Å². The average molecular weight is 256 g/mol. The Hall–Kier alpha value is -0.0600. The molecule has 0 bridgehead atoms. The van der Waals surface area contributed by atoms with Crippen LogP contribution in [0.15, 0.2) is 6.20 Å². The molecule has 0 amide bonds. The number of thioether (sulfide) groups is 1. The van der Waals surface area contributed by atoms with E-state index in [1.165, 1.54) is 29.1 Å². The van der Waals surface area contributed by atoms with Gasteiger partial charge in [-0.15, -0.1) is 11.3 Å². The van der Waals surface area contributed by atoms with Gasteiger partial charge >= 0.3 is 0 Å². The largest absolute Gasteiger partial charge is 0.310 e. The van der Waals surface area contributed by atoms with E-state index in [0.717, 1.165) is 19.5 Å². The molecule has 0 saturated heterocycles. The third-order valence-electron chi connectivity index (χ3n) is 3.35.